The number of benzene rings is 1. The molecule has 1 saturated heterocycles. The molecule has 114 valence electrons. The molecule has 1 aliphatic rings. The number of halogens is 1. The predicted molar refractivity (Wildman–Crippen MR) is 81.4 cm³/mol. The number of likely N-dealkylation sites (tertiary alicyclic amines) is 1. The first-order valence-corrected chi connectivity index (χ1v) is 8.03. The summed E-state index contributed by atoms with van der Waals surface area (Å²) in [5, 5.41) is 19.2. The fraction of sp³-hybridized carbons (Fsp3) is 0.429. The second kappa shape index (κ2) is 7.15. The quantitative estimate of drug-likeness (QED) is 0.858. The van der Waals surface area contributed by atoms with Crippen molar-refractivity contribution in [1.82, 2.24) is 4.90 Å². The van der Waals surface area contributed by atoms with Gasteiger partial charge >= 0.3 is 5.97 Å². The van der Waals surface area contributed by atoms with Crippen LogP contribution in [0.1, 0.15) is 12.0 Å². The summed E-state index contributed by atoms with van der Waals surface area (Å²) in [6.45, 7) is 0.0945. The van der Waals surface area contributed by atoms with Crippen molar-refractivity contribution in [2.45, 2.75) is 24.3 Å². The molecule has 1 aliphatic heterocycles. The van der Waals surface area contributed by atoms with E-state index in [9.17, 15) is 14.7 Å². The SMILES string of the molecule is O=C(O)[C@@H]1C[C@H](O)CN1C(=O)CSCc1ccc(Cl)cc1. The Balaban J connectivity index is 1.84. The Kier molecular flexibility index (Phi) is 5.50. The molecule has 1 fully saturated rings. The molecule has 2 rings (SSSR count). The average Bonchev–Trinajstić information content (AvgIpc) is 2.83. The van der Waals surface area contributed by atoms with Crippen LogP contribution in [0.15, 0.2) is 24.3 Å². The van der Waals surface area contributed by atoms with Crippen molar-refractivity contribution in [1.29, 1.82) is 0 Å². The summed E-state index contributed by atoms with van der Waals surface area (Å²) in [6, 6.07) is 6.44. The lowest BCUT2D eigenvalue weighted by atomic mass is 10.2. The molecule has 0 aliphatic carbocycles. The second-order valence-corrected chi connectivity index (χ2v) is 6.33. The topological polar surface area (TPSA) is 77.8 Å². The molecule has 1 amide bonds. The van der Waals surface area contributed by atoms with Crippen LogP contribution in [0.2, 0.25) is 5.02 Å². The van der Waals surface area contributed by atoms with Crippen molar-refractivity contribution in [3.63, 3.8) is 0 Å². The van der Waals surface area contributed by atoms with Gasteiger partial charge in [-0.2, -0.15) is 0 Å². The normalized spacial score (nSPS) is 21.5. The molecule has 0 saturated carbocycles. The van der Waals surface area contributed by atoms with Crippen LogP contribution in [0, 0.1) is 0 Å². The molecule has 1 heterocycles. The number of carboxylic acids is 1. The minimum atomic E-state index is -1.07. The average molecular weight is 330 g/mol. The molecule has 21 heavy (non-hydrogen) atoms. The largest absolute Gasteiger partial charge is 0.480 e. The van der Waals surface area contributed by atoms with Gasteiger partial charge in [0.25, 0.3) is 0 Å². The Morgan fingerprint density at radius 2 is 2.00 bits per heavy atom. The first-order chi connectivity index (χ1) is 9.97. The highest BCUT2D eigenvalue weighted by Crippen LogP contribution is 2.21. The molecule has 0 spiro atoms. The molecule has 0 radical (unpaired) electrons. The molecule has 1 aromatic carbocycles. The van der Waals surface area contributed by atoms with Crippen LogP contribution in [-0.4, -0.2) is 51.4 Å². The molecule has 0 bridgehead atoms. The molecule has 1 aromatic rings. The van der Waals surface area contributed by atoms with Gasteiger partial charge in [0.1, 0.15) is 6.04 Å². The number of amides is 1. The molecule has 5 nitrogen and oxygen atoms in total. The van der Waals surface area contributed by atoms with Gasteiger partial charge in [-0.25, -0.2) is 4.79 Å². The summed E-state index contributed by atoms with van der Waals surface area (Å²) in [7, 11) is 0. The van der Waals surface area contributed by atoms with Crippen molar-refractivity contribution >= 4 is 35.2 Å². The van der Waals surface area contributed by atoms with E-state index in [2.05, 4.69) is 0 Å². The number of carbonyl (C=O) groups is 2. The fourth-order valence-electron chi connectivity index (χ4n) is 2.24. The van der Waals surface area contributed by atoms with E-state index in [0.717, 1.165) is 5.56 Å². The second-order valence-electron chi connectivity index (χ2n) is 4.91. The number of nitrogens with zero attached hydrogens (tertiary/aromatic N) is 1. The highest BCUT2D eigenvalue weighted by molar-refractivity contribution is 7.99. The number of β-amino-alcohol motifs (C(OH)–C–C–N with tert-alkyl or cyclic N) is 1. The van der Waals surface area contributed by atoms with Crippen molar-refractivity contribution in [3.05, 3.63) is 34.9 Å². The number of carbonyl (C=O) groups excluding carboxylic acids is 1. The third kappa shape index (κ3) is 4.36. The molecule has 2 atom stereocenters. The Bertz CT molecular complexity index is 522. The van der Waals surface area contributed by atoms with Gasteiger partial charge in [0, 0.05) is 23.7 Å². The zero-order valence-corrected chi connectivity index (χ0v) is 12.8. The monoisotopic (exact) mass is 329 g/mol. The molecular weight excluding hydrogens is 314 g/mol. The predicted octanol–water partition coefficient (Wildman–Crippen LogP) is 1.62. The van der Waals surface area contributed by atoms with Crippen LogP contribution >= 0.6 is 23.4 Å². The summed E-state index contributed by atoms with van der Waals surface area (Å²) < 4.78 is 0. The zero-order chi connectivity index (χ0) is 15.4. The number of thioether (sulfide) groups is 1. The number of aliphatic hydroxyl groups excluding tert-OH is 1. The van der Waals surface area contributed by atoms with Gasteiger partial charge in [0.05, 0.1) is 11.9 Å². The van der Waals surface area contributed by atoms with Crippen LogP contribution in [0.4, 0.5) is 0 Å². The summed E-state index contributed by atoms with van der Waals surface area (Å²) in [5.41, 5.74) is 1.05. The Morgan fingerprint density at radius 1 is 1.33 bits per heavy atom. The third-order valence-electron chi connectivity index (χ3n) is 3.29. The van der Waals surface area contributed by atoms with Gasteiger partial charge in [-0.3, -0.25) is 4.79 Å². The standard InChI is InChI=1S/C14H16ClNO4S/c15-10-3-1-9(2-4-10)7-21-8-13(18)16-6-11(17)5-12(16)14(19)20/h1-4,11-12,17H,5-8H2,(H,19,20)/t11-,12-/m0/s1. The minimum Gasteiger partial charge on any atom is -0.480 e. The molecular formula is C14H16ClNO4S. The summed E-state index contributed by atoms with van der Waals surface area (Å²) in [4.78, 5) is 24.4. The maximum Gasteiger partial charge on any atom is 0.326 e. The summed E-state index contributed by atoms with van der Waals surface area (Å²) in [6.07, 6.45) is -0.653. The van der Waals surface area contributed by atoms with Gasteiger partial charge in [-0.05, 0) is 17.7 Å². The molecule has 0 aromatic heterocycles. The van der Waals surface area contributed by atoms with Crippen LogP contribution in [0.5, 0.6) is 0 Å². The lowest BCUT2D eigenvalue weighted by Crippen LogP contribution is -2.41. The smallest absolute Gasteiger partial charge is 0.326 e. The fourth-order valence-corrected chi connectivity index (χ4v) is 3.24. The Labute approximate surface area is 131 Å². The molecule has 0 unspecified atom stereocenters. The van der Waals surface area contributed by atoms with Crippen molar-refractivity contribution in [3.8, 4) is 0 Å². The van der Waals surface area contributed by atoms with E-state index >= 15 is 0 Å². The first kappa shape index (κ1) is 16.1. The number of aliphatic carboxylic acids is 1. The van der Waals surface area contributed by atoms with E-state index in [4.69, 9.17) is 16.7 Å². The van der Waals surface area contributed by atoms with Crippen LogP contribution in [-0.2, 0) is 15.3 Å². The maximum atomic E-state index is 12.1. The first-order valence-electron chi connectivity index (χ1n) is 6.50. The van der Waals surface area contributed by atoms with Gasteiger partial charge < -0.3 is 15.1 Å². The lowest BCUT2D eigenvalue weighted by molar-refractivity contribution is -0.147. The lowest BCUT2D eigenvalue weighted by Gasteiger charge is -2.20. The van der Waals surface area contributed by atoms with Gasteiger partial charge in [0.2, 0.25) is 5.91 Å². The Hall–Kier alpha value is -1.24. The number of rotatable bonds is 5. The third-order valence-corrected chi connectivity index (χ3v) is 4.53. The maximum absolute atomic E-state index is 12.1. The number of hydrogen-bond acceptors (Lipinski definition) is 4. The van der Waals surface area contributed by atoms with Crippen LogP contribution in [0.25, 0.3) is 0 Å². The van der Waals surface area contributed by atoms with Crippen LogP contribution < -0.4 is 0 Å². The summed E-state index contributed by atoms with van der Waals surface area (Å²) >= 11 is 7.21. The minimum absolute atomic E-state index is 0.0945. The Morgan fingerprint density at radius 3 is 2.62 bits per heavy atom. The van der Waals surface area contributed by atoms with Crippen molar-refractivity contribution < 1.29 is 19.8 Å². The van der Waals surface area contributed by atoms with E-state index in [1.54, 1.807) is 12.1 Å². The van der Waals surface area contributed by atoms with Crippen LogP contribution in [0.3, 0.4) is 0 Å². The van der Waals surface area contributed by atoms with E-state index in [1.807, 2.05) is 12.1 Å². The van der Waals surface area contributed by atoms with Gasteiger partial charge in [-0.1, -0.05) is 23.7 Å². The molecule has 7 heteroatoms. The van der Waals surface area contributed by atoms with E-state index in [0.29, 0.717) is 10.8 Å². The van der Waals surface area contributed by atoms with E-state index < -0.39 is 18.1 Å². The van der Waals surface area contributed by atoms with Crippen molar-refractivity contribution in [2.24, 2.45) is 0 Å². The summed E-state index contributed by atoms with van der Waals surface area (Å²) in [5.74, 6) is -0.476. The highest BCUT2D eigenvalue weighted by atomic mass is 35.5. The number of carboxylic acid groups (broad SMARTS) is 1. The molecule has 2 N–H and O–H groups in total. The number of hydrogen-bond donors (Lipinski definition) is 2. The van der Waals surface area contributed by atoms with Gasteiger partial charge in [-0.15, -0.1) is 11.8 Å². The van der Waals surface area contributed by atoms with Gasteiger partial charge in [0.15, 0.2) is 0 Å². The highest BCUT2D eigenvalue weighted by Gasteiger charge is 2.38. The van der Waals surface area contributed by atoms with E-state index in [1.165, 1.54) is 16.7 Å². The number of aliphatic hydroxyl groups is 1. The van der Waals surface area contributed by atoms with Crippen molar-refractivity contribution in [2.75, 3.05) is 12.3 Å². The zero-order valence-electron chi connectivity index (χ0n) is 11.2. The van der Waals surface area contributed by atoms with E-state index in [-0.39, 0.29) is 24.6 Å².